The number of ether oxygens (including phenoxy) is 1. The van der Waals surface area contributed by atoms with Crippen molar-refractivity contribution in [2.45, 2.75) is 32.6 Å². The summed E-state index contributed by atoms with van der Waals surface area (Å²) in [6.07, 6.45) is 4.37. The average Bonchev–Trinajstić information content (AvgIpc) is 3.40. The molecule has 1 fully saturated rings. The molecule has 0 atom stereocenters. The fourth-order valence-electron chi connectivity index (χ4n) is 3.08. The summed E-state index contributed by atoms with van der Waals surface area (Å²) in [7, 11) is 0. The monoisotopic (exact) mass is 401 g/mol. The zero-order chi connectivity index (χ0) is 19.4. The maximum Gasteiger partial charge on any atom is 0.191 e. The minimum atomic E-state index is 0.672. The van der Waals surface area contributed by atoms with Gasteiger partial charge in [0.1, 0.15) is 5.75 Å². The SMILES string of the molecule is CCNC(=NCCCOc1ccccc1)NCCc1csc(N2CCCC2)n1. The predicted octanol–water partition coefficient (Wildman–Crippen LogP) is 3.31. The lowest BCUT2D eigenvalue weighted by Crippen LogP contribution is -2.38. The Balaban J connectivity index is 1.35. The van der Waals surface area contributed by atoms with E-state index in [0.29, 0.717) is 6.61 Å². The molecule has 2 heterocycles. The van der Waals surface area contributed by atoms with Gasteiger partial charge in [0.15, 0.2) is 11.1 Å². The second kappa shape index (κ2) is 11.5. The van der Waals surface area contributed by atoms with Crippen LogP contribution in [0.4, 0.5) is 5.13 Å². The number of nitrogens with zero attached hydrogens (tertiary/aromatic N) is 3. The molecule has 2 N–H and O–H groups in total. The molecule has 0 aliphatic carbocycles. The highest BCUT2D eigenvalue weighted by atomic mass is 32.1. The van der Waals surface area contributed by atoms with E-state index in [1.807, 2.05) is 30.3 Å². The molecule has 6 nitrogen and oxygen atoms in total. The minimum absolute atomic E-state index is 0.672. The Kier molecular flexibility index (Phi) is 8.43. The molecule has 0 unspecified atom stereocenters. The first-order valence-electron chi connectivity index (χ1n) is 10.2. The van der Waals surface area contributed by atoms with Crippen LogP contribution in [0.3, 0.4) is 0 Å². The Morgan fingerprint density at radius 3 is 2.82 bits per heavy atom. The number of anilines is 1. The third kappa shape index (κ3) is 6.71. The van der Waals surface area contributed by atoms with E-state index in [1.165, 1.54) is 18.0 Å². The van der Waals surface area contributed by atoms with Crippen LogP contribution in [0.1, 0.15) is 31.9 Å². The van der Waals surface area contributed by atoms with Gasteiger partial charge in [-0.15, -0.1) is 11.3 Å². The van der Waals surface area contributed by atoms with Crippen molar-refractivity contribution in [3.05, 3.63) is 41.4 Å². The molecule has 152 valence electrons. The molecule has 1 aliphatic heterocycles. The van der Waals surface area contributed by atoms with Crippen LogP contribution >= 0.6 is 11.3 Å². The molecule has 0 amide bonds. The minimum Gasteiger partial charge on any atom is -0.494 e. The van der Waals surface area contributed by atoms with Crippen molar-refractivity contribution in [2.24, 2.45) is 4.99 Å². The van der Waals surface area contributed by atoms with Gasteiger partial charge < -0.3 is 20.3 Å². The van der Waals surface area contributed by atoms with Crippen molar-refractivity contribution in [1.29, 1.82) is 0 Å². The highest BCUT2D eigenvalue weighted by Gasteiger charge is 2.15. The van der Waals surface area contributed by atoms with Gasteiger partial charge >= 0.3 is 0 Å². The number of guanidine groups is 1. The van der Waals surface area contributed by atoms with E-state index in [-0.39, 0.29) is 0 Å². The normalized spacial score (nSPS) is 14.3. The molecule has 7 heteroatoms. The largest absolute Gasteiger partial charge is 0.494 e. The van der Waals surface area contributed by atoms with Crippen molar-refractivity contribution in [1.82, 2.24) is 15.6 Å². The predicted molar refractivity (Wildman–Crippen MR) is 118 cm³/mol. The summed E-state index contributed by atoms with van der Waals surface area (Å²) in [6, 6.07) is 9.91. The third-order valence-corrected chi connectivity index (χ3v) is 5.47. The van der Waals surface area contributed by atoms with E-state index >= 15 is 0 Å². The van der Waals surface area contributed by atoms with Crippen LogP contribution in [0.15, 0.2) is 40.7 Å². The molecule has 0 bridgehead atoms. The number of para-hydroxylation sites is 1. The molecule has 1 saturated heterocycles. The summed E-state index contributed by atoms with van der Waals surface area (Å²) in [5.41, 5.74) is 1.16. The standard InChI is InChI=1S/C21H31N5OS/c1-2-22-20(23-12-8-16-27-19-9-4-3-5-10-19)24-13-11-18-17-28-21(25-18)26-14-6-7-15-26/h3-5,9-10,17H,2,6-8,11-16H2,1H3,(H2,22,23,24). The van der Waals surface area contributed by atoms with E-state index < -0.39 is 0 Å². The fraction of sp³-hybridized carbons (Fsp3) is 0.524. The summed E-state index contributed by atoms with van der Waals surface area (Å²) in [5.74, 6) is 1.77. The van der Waals surface area contributed by atoms with Crippen LogP contribution in [0.2, 0.25) is 0 Å². The topological polar surface area (TPSA) is 61.8 Å². The van der Waals surface area contributed by atoms with Crippen molar-refractivity contribution < 1.29 is 4.74 Å². The van der Waals surface area contributed by atoms with Crippen molar-refractivity contribution >= 4 is 22.4 Å². The summed E-state index contributed by atoms with van der Waals surface area (Å²) in [5, 5.41) is 10.1. The molecule has 1 aliphatic rings. The Labute approximate surface area is 172 Å². The molecule has 0 radical (unpaired) electrons. The van der Waals surface area contributed by atoms with E-state index in [0.717, 1.165) is 63.0 Å². The summed E-state index contributed by atoms with van der Waals surface area (Å²) >= 11 is 1.76. The second-order valence-corrected chi connectivity index (χ2v) is 7.60. The zero-order valence-corrected chi connectivity index (χ0v) is 17.5. The maximum absolute atomic E-state index is 5.71. The van der Waals surface area contributed by atoms with Crippen LogP contribution in [0.5, 0.6) is 5.75 Å². The first-order chi connectivity index (χ1) is 13.8. The fourth-order valence-corrected chi connectivity index (χ4v) is 3.99. The van der Waals surface area contributed by atoms with E-state index in [4.69, 9.17) is 9.72 Å². The second-order valence-electron chi connectivity index (χ2n) is 6.77. The maximum atomic E-state index is 5.71. The van der Waals surface area contributed by atoms with Gasteiger partial charge in [-0.05, 0) is 31.9 Å². The molecular formula is C21H31N5OS. The Morgan fingerprint density at radius 1 is 1.21 bits per heavy atom. The highest BCUT2D eigenvalue weighted by Crippen LogP contribution is 2.24. The first-order valence-corrected chi connectivity index (χ1v) is 11.1. The number of thiazole rings is 1. The number of benzene rings is 1. The number of nitrogens with one attached hydrogen (secondary N) is 2. The molecule has 3 rings (SSSR count). The van der Waals surface area contributed by atoms with Gasteiger partial charge in [-0.25, -0.2) is 4.98 Å². The Bertz CT molecular complexity index is 713. The van der Waals surface area contributed by atoms with Gasteiger partial charge in [-0.1, -0.05) is 18.2 Å². The van der Waals surface area contributed by atoms with Gasteiger partial charge in [0.25, 0.3) is 0 Å². The number of aromatic nitrogens is 1. The first kappa shape index (κ1) is 20.5. The molecule has 28 heavy (non-hydrogen) atoms. The van der Waals surface area contributed by atoms with Crippen LogP contribution < -0.4 is 20.3 Å². The van der Waals surface area contributed by atoms with Crippen LogP contribution in [-0.2, 0) is 6.42 Å². The molecule has 1 aromatic heterocycles. The van der Waals surface area contributed by atoms with Crippen molar-refractivity contribution in [3.8, 4) is 5.75 Å². The van der Waals surface area contributed by atoms with Crippen LogP contribution in [0.25, 0.3) is 0 Å². The quantitative estimate of drug-likeness (QED) is 0.363. The lowest BCUT2D eigenvalue weighted by Gasteiger charge is -2.12. The average molecular weight is 402 g/mol. The molecule has 2 aromatic rings. The lowest BCUT2D eigenvalue weighted by atomic mass is 10.3. The third-order valence-electron chi connectivity index (χ3n) is 4.52. The smallest absolute Gasteiger partial charge is 0.191 e. The number of aliphatic imine (C=N–C) groups is 1. The molecule has 0 spiro atoms. The number of hydrogen-bond donors (Lipinski definition) is 2. The lowest BCUT2D eigenvalue weighted by molar-refractivity contribution is 0.313. The van der Waals surface area contributed by atoms with Crippen molar-refractivity contribution in [2.75, 3.05) is 44.2 Å². The van der Waals surface area contributed by atoms with E-state index in [9.17, 15) is 0 Å². The van der Waals surface area contributed by atoms with Crippen LogP contribution in [-0.4, -0.2) is 50.3 Å². The van der Waals surface area contributed by atoms with E-state index in [1.54, 1.807) is 11.3 Å². The van der Waals surface area contributed by atoms with Gasteiger partial charge in [0.2, 0.25) is 0 Å². The van der Waals surface area contributed by atoms with Crippen LogP contribution in [0, 0.1) is 0 Å². The van der Waals surface area contributed by atoms with Crippen molar-refractivity contribution in [3.63, 3.8) is 0 Å². The van der Waals surface area contributed by atoms with Gasteiger partial charge in [0, 0.05) is 50.9 Å². The summed E-state index contributed by atoms with van der Waals surface area (Å²) < 4.78 is 5.71. The molecular weight excluding hydrogens is 370 g/mol. The number of rotatable bonds is 10. The highest BCUT2D eigenvalue weighted by molar-refractivity contribution is 7.13. The Morgan fingerprint density at radius 2 is 2.04 bits per heavy atom. The summed E-state index contributed by atoms with van der Waals surface area (Å²) in [4.78, 5) is 11.8. The zero-order valence-electron chi connectivity index (χ0n) is 16.7. The number of hydrogen-bond acceptors (Lipinski definition) is 5. The van der Waals surface area contributed by atoms with Gasteiger partial charge in [-0.3, -0.25) is 4.99 Å². The van der Waals surface area contributed by atoms with E-state index in [2.05, 4.69) is 32.8 Å². The summed E-state index contributed by atoms with van der Waals surface area (Å²) in [6.45, 7) is 7.46. The van der Waals surface area contributed by atoms with Gasteiger partial charge in [-0.2, -0.15) is 0 Å². The molecule has 1 aromatic carbocycles. The Hall–Kier alpha value is -2.28. The van der Waals surface area contributed by atoms with Gasteiger partial charge in [0.05, 0.1) is 12.3 Å². The molecule has 0 saturated carbocycles.